The maximum Gasteiger partial charge on any atom is 0.269 e. The minimum atomic E-state index is -0.113. The van der Waals surface area contributed by atoms with Crippen LogP contribution >= 0.6 is 0 Å². The van der Waals surface area contributed by atoms with Crippen LogP contribution in [0.25, 0.3) is 0 Å². The van der Waals surface area contributed by atoms with Crippen LogP contribution in [-0.2, 0) is 11.8 Å². The molecule has 1 aliphatic rings. The number of nitrogens with one attached hydrogen (secondary N) is 2. The van der Waals surface area contributed by atoms with Gasteiger partial charge in [-0.05, 0) is 19.9 Å². The molecule has 116 valence electrons. The molecule has 1 saturated heterocycles. The first kappa shape index (κ1) is 15.5. The second-order valence-electron chi connectivity index (χ2n) is 5.53. The van der Waals surface area contributed by atoms with Gasteiger partial charge in [0.05, 0.1) is 12.5 Å². The van der Waals surface area contributed by atoms with Crippen molar-refractivity contribution in [2.45, 2.75) is 31.3 Å². The van der Waals surface area contributed by atoms with Crippen LogP contribution in [0.3, 0.4) is 0 Å². The lowest BCUT2D eigenvalue weighted by molar-refractivity contribution is -0.121. The highest BCUT2D eigenvalue weighted by Crippen LogP contribution is 2.24. The first-order valence-electron chi connectivity index (χ1n) is 7.20. The molecule has 2 heterocycles. The number of aromatic nitrogens is 2. The van der Waals surface area contributed by atoms with E-state index in [1.54, 1.807) is 31.2 Å². The largest absolute Gasteiger partial charge is 0.359 e. The van der Waals surface area contributed by atoms with Gasteiger partial charge in [0.15, 0.2) is 0 Å². The van der Waals surface area contributed by atoms with Crippen LogP contribution in [0.1, 0.15) is 29.8 Å². The molecule has 1 aromatic rings. The summed E-state index contributed by atoms with van der Waals surface area (Å²) in [6, 6.07) is 0.528. The molecule has 2 amide bonds. The Hall–Kier alpha value is -1.89. The highest BCUT2D eigenvalue weighted by molar-refractivity contribution is 5.92. The Bertz CT molecular complexity index is 513. The number of likely N-dealkylation sites (tertiary alicyclic amines) is 1. The number of nitrogens with zero attached hydrogens (tertiary/aromatic N) is 3. The molecule has 0 unspecified atom stereocenters. The van der Waals surface area contributed by atoms with Crippen molar-refractivity contribution in [3.05, 3.63) is 18.2 Å². The van der Waals surface area contributed by atoms with Crippen molar-refractivity contribution < 1.29 is 9.59 Å². The molecule has 2 atom stereocenters. The number of likely N-dealkylation sites (N-methyl/N-ethyl adjacent to an activating group) is 1. The van der Waals surface area contributed by atoms with E-state index in [2.05, 4.69) is 20.5 Å². The van der Waals surface area contributed by atoms with Crippen LogP contribution in [0.2, 0.25) is 0 Å². The fourth-order valence-corrected chi connectivity index (χ4v) is 2.78. The summed E-state index contributed by atoms with van der Waals surface area (Å²) in [7, 11) is 5.47. The minimum Gasteiger partial charge on any atom is -0.359 e. The average molecular weight is 293 g/mol. The van der Waals surface area contributed by atoms with Crippen molar-refractivity contribution in [1.82, 2.24) is 25.1 Å². The molecule has 0 spiro atoms. The standard InChI is InChI=1S/C14H23N5O2/c1-15-13(20)6-10-4-5-11(19(10)3)7-17-14(21)12-8-16-9-18(12)2/h8-11H,4-7H2,1-3H3,(H,15,20)(H,17,21)/t10-,11+/m1/s1. The third-order valence-corrected chi connectivity index (χ3v) is 4.23. The molecular formula is C14H23N5O2. The zero-order valence-corrected chi connectivity index (χ0v) is 12.8. The summed E-state index contributed by atoms with van der Waals surface area (Å²) >= 11 is 0. The summed E-state index contributed by atoms with van der Waals surface area (Å²) in [5.74, 6) is -0.0513. The van der Waals surface area contributed by atoms with E-state index in [0.717, 1.165) is 12.8 Å². The quantitative estimate of drug-likeness (QED) is 0.784. The Kier molecular flexibility index (Phi) is 4.95. The van der Waals surface area contributed by atoms with Crippen LogP contribution in [-0.4, -0.2) is 59.0 Å². The highest BCUT2D eigenvalue weighted by Gasteiger charge is 2.31. The number of hydrogen-bond acceptors (Lipinski definition) is 4. The van der Waals surface area contributed by atoms with Crippen molar-refractivity contribution in [2.24, 2.45) is 7.05 Å². The first-order valence-corrected chi connectivity index (χ1v) is 7.20. The van der Waals surface area contributed by atoms with Gasteiger partial charge in [-0.3, -0.25) is 14.5 Å². The molecule has 7 nitrogen and oxygen atoms in total. The van der Waals surface area contributed by atoms with Crippen LogP contribution in [0.15, 0.2) is 12.5 Å². The van der Waals surface area contributed by atoms with Gasteiger partial charge in [-0.1, -0.05) is 0 Å². The Morgan fingerprint density at radius 3 is 2.67 bits per heavy atom. The molecule has 1 aromatic heterocycles. The number of rotatable bonds is 5. The van der Waals surface area contributed by atoms with Gasteiger partial charge in [0.2, 0.25) is 5.91 Å². The summed E-state index contributed by atoms with van der Waals surface area (Å²) in [5, 5.41) is 5.60. The van der Waals surface area contributed by atoms with E-state index in [9.17, 15) is 9.59 Å². The molecule has 0 aromatic carbocycles. The molecule has 2 rings (SSSR count). The highest BCUT2D eigenvalue weighted by atomic mass is 16.2. The van der Waals surface area contributed by atoms with Gasteiger partial charge in [-0.2, -0.15) is 0 Å². The molecule has 2 N–H and O–H groups in total. The first-order chi connectivity index (χ1) is 10.0. The Balaban J connectivity index is 1.83. The van der Waals surface area contributed by atoms with E-state index in [1.807, 2.05) is 7.05 Å². The number of aryl methyl sites for hydroxylation is 1. The Labute approximate surface area is 124 Å². The molecule has 0 bridgehead atoms. The average Bonchev–Trinajstić information content (AvgIpc) is 3.04. The Morgan fingerprint density at radius 1 is 1.33 bits per heavy atom. The number of hydrogen-bond donors (Lipinski definition) is 2. The molecule has 0 radical (unpaired) electrons. The lowest BCUT2D eigenvalue weighted by atomic mass is 10.1. The molecule has 1 fully saturated rings. The van der Waals surface area contributed by atoms with Crippen LogP contribution in [0.5, 0.6) is 0 Å². The van der Waals surface area contributed by atoms with Gasteiger partial charge in [0, 0.05) is 39.1 Å². The smallest absolute Gasteiger partial charge is 0.269 e. The summed E-state index contributed by atoms with van der Waals surface area (Å²) in [6.07, 6.45) is 5.65. The van der Waals surface area contributed by atoms with Gasteiger partial charge < -0.3 is 15.2 Å². The Morgan fingerprint density at radius 2 is 2.05 bits per heavy atom. The van der Waals surface area contributed by atoms with E-state index in [4.69, 9.17) is 0 Å². The van der Waals surface area contributed by atoms with Crippen LogP contribution < -0.4 is 10.6 Å². The third-order valence-electron chi connectivity index (χ3n) is 4.23. The normalized spacial score (nSPS) is 22.2. The van der Waals surface area contributed by atoms with Gasteiger partial charge in [-0.25, -0.2) is 4.98 Å². The second kappa shape index (κ2) is 6.71. The summed E-state index contributed by atoms with van der Waals surface area (Å²) in [5.41, 5.74) is 0.553. The predicted molar refractivity (Wildman–Crippen MR) is 78.8 cm³/mol. The predicted octanol–water partition coefficient (Wildman–Crippen LogP) is -0.251. The lowest BCUT2D eigenvalue weighted by Gasteiger charge is -2.25. The maximum atomic E-state index is 12.0. The molecule has 21 heavy (non-hydrogen) atoms. The summed E-state index contributed by atoms with van der Waals surface area (Å²) in [4.78, 5) is 29.6. The third kappa shape index (κ3) is 3.60. The van der Waals surface area contributed by atoms with Crippen molar-refractivity contribution in [1.29, 1.82) is 0 Å². The molecule has 0 saturated carbocycles. The summed E-state index contributed by atoms with van der Waals surface area (Å²) in [6.45, 7) is 0.588. The lowest BCUT2D eigenvalue weighted by Crippen LogP contribution is -2.42. The number of carbonyl (C=O) groups is 2. The van der Waals surface area contributed by atoms with E-state index >= 15 is 0 Å². The number of carbonyl (C=O) groups excluding carboxylic acids is 2. The molecule has 7 heteroatoms. The summed E-state index contributed by atoms with van der Waals surface area (Å²) < 4.78 is 1.70. The molecular weight excluding hydrogens is 270 g/mol. The van der Waals surface area contributed by atoms with E-state index in [0.29, 0.717) is 18.7 Å². The SMILES string of the molecule is CNC(=O)C[C@H]1CC[C@@H](CNC(=O)c2cncn2C)N1C. The zero-order chi connectivity index (χ0) is 15.4. The second-order valence-corrected chi connectivity index (χ2v) is 5.53. The van der Waals surface area contributed by atoms with Gasteiger partial charge in [-0.15, -0.1) is 0 Å². The van der Waals surface area contributed by atoms with Crippen LogP contribution in [0.4, 0.5) is 0 Å². The van der Waals surface area contributed by atoms with Crippen LogP contribution in [0, 0.1) is 0 Å². The minimum absolute atomic E-state index is 0.0615. The molecule has 0 aliphatic carbocycles. The van der Waals surface area contributed by atoms with Crippen molar-refractivity contribution >= 4 is 11.8 Å². The van der Waals surface area contributed by atoms with Gasteiger partial charge >= 0.3 is 0 Å². The van der Waals surface area contributed by atoms with Crippen molar-refractivity contribution in [2.75, 3.05) is 20.6 Å². The van der Waals surface area contributed by atoms with Crippen molar-refractivity contribution in [3.8, 4) is 0 Å². The maximum absolute atomic E-state index is 12.0. The van der Waals surface area contributed by atoms with E-state index in [1.165, 1.54) is 0 Å². The number of amides is 2. The van der Waals surface area contributed by atoms with Gasteiger partial charge in [0.25, 0.3) is 5.91 Å². The van der Waals surface area contributed by atoms with E-state index < -0.39 is 0 Å². The topological polar surface area (TPSA) is 79.3 Å². The number of imidazole rings is 1. The zero-order valence-electron chi connectivity index (χ0n) is 12.8. The van der Waals surface area contributed by atoms with E-state index in [-0.39, 0.29) is 23.9 Å². The fourth-order valence-electron chi connectivity index (χ4n) is 2.78. The van der Waals surface area contributed by atoms with Gasteiger partial charge in [0.1, 0.15) is 5.69 Å². The fraction of sp³-hybridized carbons (Fsp3) is 0.643. The monoisotopic (exact) mass is 293 g/mol. The van der Waals surface area contributed by atoms with Crippen molar-refractivity contribution in [3.63, 3.8) is 0 Å². The molecule has 1 aliphatic heterocycles.